The van der Waals surface area contributed by atoms with Crippen LogP contribution < -0.4 is 0 Å². The average molecular weight is 236 g/mol. The van der Waals surface area contributed by atoms with Gasteiger partial charge in [-0.25, -0.2) is 0 Å². The summed E-state index contributed by atoms with van der Waals surface area (Å²) in [5.74, 6) is 0.178. The number of carbonyl (C=O) groups excluding carboxylic acids is 1. The standard InChI is InChI=1S/C12H18N2O.C2H6/c1-4-6-11-10(9-13-5-2)7-8-12(15)14(11)3;1-2/h4,6,9H,5,7-8H2,1-3H3;1-2H3/b6-4-,13-9?;. The molecular weight excluding hydrogens is 212 g/mol. The van der Waals surface area contributed by atoms with E-state index in [2.05, 4.69) is 4.99 Å². The maximum absolute atomic E-state index is 11.5. The number of hydrogen-bond donors (Lipinski definition) is 0. The molecule has 0 unspecified atom stereocenters. The lowest BCUT2D eigenvalue weighted by Gasteiger charge is -2.25. The Morgan fingerprint density at radius 3 is 2.53 bits per heavy atom. The Hall–Kier alpha value is -1.38. The number of likely N-dealkylation sites (N-methyl/N-ethyl adjacent to an activating group) is 1. The minimum Gasteiger partial charge on any atom is -0.315 e. The summed E-state index contributed by atoms with van der Waals surface area (Å²) in [4.78, 5) is 17.5. The molecule has 17 heavy (non-hydrogen) atoms. The van der Waals surface area contributed by atoms with Crippen LogP contribution >= 0.6 is 0 Å². The van der Waals surface area contributed by atoms with Crippen LogP contribution in [-0.2, 0) is 4.79 Å². The number of amides is 1. The van der Waals surface area contributed by atoms with E-state index >= 15 is 0 Å². The van der Waals surface area contributed by atoms with Crippen LogP contribution in [0.15, 0.2) is 28.4 Å². The molecule has 96 valence electrons. The Morgan fingerprint density at radius 1 is 1.35 bits per heavy atom. The van der Waals surface area contributed by atoms with Crippen LogP contribution in [0.5, 0.6) is 0 Å². The van der Waals surface area contributed by atoms with Gasteiger partial charge in [-0.3, -0.25) is 9.79 Å². The fraction of sp³-hybridized carbons (Fsp3) is 0.571. The normalized spacial score (nSPS) is 16.8. The van der Waals surface area contributed by atoms with E-state index in [9.17, 15) is 4.79 Å². The quantitative estimate of drug-likeness (QED) is 0.693. The number of carbonyl (C=O) groups is 1. The molecule has 0 radical (unpaired) electrons. The summed E-state index contributed by atoms with van der Waals surface area (Å²) in [6.07, 6.45) is 7.19. The molecule has 0 spiro atoms. The van der Waals surface area contributed by atoms with Gasteiger partial charge in [0, 0.05) is 31.9 Å². The molecule has 0 saturated heterocycles. The van der Waals surface area contributed by atoms with Crippen molar-refractivity contribution in [2.75, 3.05) is 13.6 Å². The maximum Gasteiger partial charge on any atom is 0.227 e. The summed E-state index contributed by atoms with van der Waals surface area (Å²) in [5.41, 5.74) is 2.13. The van der Waals surface area contributed by atoms with Gasteiger partial charge in [-0.2, -0.15) is 0 Å². The van der Waals surface area contributed by atoms with Crippen LogP contribution in [0.25, 0.3) is 0 Å². The van der Waals surface area contributed by atoms with Crippen molar-refractivity contribution in [2.45, 2.75) is 40.5 Å². The predicted molar refractivity (Wildman–Crippen MR) is 74.2 cm³/mol. The molecule has 1 aliphatic rings. The van der Waals surface area contributed by atoms with E-state index in [-0.39, 0.29) is 5.91 Å². The molecule has 0 aromatic rings. The van der Waals surface area contributed by atoms with E-state index in [1.54, 1.807) is 4.90 Å². The average Bonchev–Trinajstić information content (AvgIpc) is 2.37. The van der Waals surface area contributed by atoms with Crippen LogP contribution in [-0.4, -0.2) is 30.6 Å². The molecule has 1 amide bonds. The summed E-state index contributed by atoms with van der Waals surface area (Å²) in [6.45, 7) is 8.74. The molecule has 3 nitrogen and oxygen atoms in total. The van der Waals surface area contributed by atoms with Gasteiger partial charge in [0.25, 0.3) is 0 Å². The van der Waals surface area contributed by atoms with Gasteiger partial charge in [0.05, 0.1) is 0 Å². The van der Waals surface area contributed by atoms with Crippen LogP contribution in [0.1, 0.15) is 40.5 Å². The molecule has 1 rings (SSSR count). The second-order valence-electron chi connectivity index (χ2n) is 3.49. The number of allylic oxidation sites excluding steroid dienone is 3. The van der Waals surface area contributed by atoms with E-state index in [0.717, 1.165) is 24.2 Å². The molecule has 0 atom stereocenters. The minimum absolute atomic E-state index is 0.178. The van der Waals surface area contributed by atoms with Crippen LogP contribution in [0, 0.1) is 0 Å². The second kappa shape index (κ2) is 8.74. The zero-order chi connectivity index (χ0) is 13.3. The zero-order valence-corrected chi connectivity index (χ0v) is 11.7. The molecule has 0 aromatic heterocycles. The molecular formula is C14H24N2O. The highest BCUT2D eigenvalue weighted by Crippen LogP contribution is 2.21. The summed E-state index contributed by atoms with van der Waals surface area (Å²) in [5, 5.41) is 0. The minimum atomic E-state index is 0.178. The topological polar surface area (TPSA) is 32.7 Å². The Labute approximate surface area is 105 Å². The summed E-state index contributed by atoms with van der Waals surface area (Å²) in [7, 11) is 1.82. The molecule has 1 heterocycles. The zero-order valence-electron chi connectivity index (χ0n) is 11.7. The van der Waals surface area contributed by atoms with E-state index in [4.69, 9.17) is 0 Å². The van der Waals surface area contributed by atoms with Gasteiger partial charge >= 0.3 is 0 Å². The van der Waals surface area contributed by atoms with Gasteiger partial charge < -0.3 is 4.90 Å². The smallest absolute Gasteiger partial charge is 0.227 e. The highest BCUT2D eigenvalue weighted by molar-refractivity contribution is 5.88. The summed E-state index contributed by atoms with van der Waals surface area (Å²) in [6, 6.07) is 0. The molecule has 0 fully saturated rings. The summed E-state index contributed by atoms with van der Waals surface area (Å²) >= 11 is 0. The van der Waals surface area contributed by atoms with Crippen LogP contribution in [0.4, 0.5) is 0 Å². The van der Waals surface area contributed by atoms with Crippen molar-refractivity contribution in [1.82, 2.24) is 4.90 Å². The number of rotatable bonds is 3. The first kappa shape index (κ1) is 15.6. The monoisotopic (exact) mass is 236 g/mol. The highest BCUT2D eigenvalue weighted by atomic mass is 16.2. The molecule has 1 aliphatic heterocycles. The molecule has 0 N–H and O–H groups in total. The number of hydrogen-bond acceptors (Lipinski definition) is 2. The van der Waals surface area contributed by atoms with Gasteiger partial charge in [-0.15, -0.1) is 0 Å². The molecule has 0 aliphatic carbocycles. The Kier molecular flexibility index (Phi) is 8.03. The first-order valence-electron chi connectivity index (χ1n) is 6.33. The second-order valence-corrected chi connectivity index (χ2v) is 3.49. The third-order valence-electron chi connectivity index (χ3n) is 2.43. The van der Waals surface area contributed by atoms with E-state index in [1.165, 1.54) is 0 Å². The third-order valence-corrected chi connectivity index (χ3v) is 2.43. The van der Waals surface area contributed by atoms with Gasteiger partial charge in [-0.05, 0) is 31.9 Å². The number of aliphatic imine (C=N–C) groups is 1. The van der Waals surface area contributed by atoms with Crippen LogP contribution in [0.3, 0.4) is 0 Å². The fourth-order valence-corrected chi connectivity index (χ4v) is 1.60. The predicted octanol–water partition coefficient (Wildman–Crippen LogP) is 3.19. The molecule has 0 saturated carbocycles. The van der Waals surface area contributed by atoms with Gasteiger partial charge in [-0.1, -0.05) is 19.9 Å². The number of nitrogens with zero attached hydrogens (tertiary/aromatic N) is 2. The SMILES string of the molecule is C/C=C\C1=C(C=NCC)CCC(=O)N1C.CC. The molecule has 0 bridgehead atoms. The first-order valence-corrected chi connectivity index (χ1v) is 6.33. The van der Waals surface area contributed by atoms with Crippen molar-refractivity contribution in [2.24, 2.45) is 4.99 Å². The van der Waals surface area contributed by atoms with Gasteiger partial charge in [0.1, 0.15) is 0 Å². The van der Waals surface area contributed by atoms with E-state index < -0.39 is 0 Å². The van der Waals surface area contributed by atoms with Crippen molar-refractivity contribution in [1.29, 1.82) is 0 Å². The Bertz CT molecular complexity index is 327. The first-order chi connectivity index (χ1) is 8.20. The van der Waals surface area contributed by atoms with E-state index in [1.807, 2.05) is 53.1 Å². The lowest BCUT2D eigenvalue weighted by Crippen LogP contribution is -2.30. The highest BCUT2D eigenvalue weighted by Gasteiger charge is 2.20. The van der Waals surface area contributed by atoms with E-state index in [0.29, 0.717) is 6.42 Å². The van der Waals surface area contributed by atoms with Crippen molar-refractivity contribution in [3.8, 4) is 0 Å². The third kappa shape index (κ3) is 4.55. The lowest BCUT2D eigenvalue weighted by atomic mass is 10.0. The Morgan fingerprint density at radius 2 is 2.00 bits per heavy atom. The lowest BCUT2D eigenvalue weighted by molar-refractivity contribution is -0.128. The maximum atomic E-state index is 11.5. The van der Waals surface area contributed by atoms with Crippen molar-refractivity contribution in [3.05, 3.63) is 23.4 Å². The van der Waals surface area contributed by atoms with Crippen molar-refractivity contribution < 1.29 is 4.79 Å². The van der Waals surface area contributed by atoms with Crippen molar-refractivity contribution >= 4 is 12.1 Å². The molecule has 3 heteroatoms. The van der Waals surface area contributed by atoms with Crippen LogP contribution in [0.2, 0.25) is 0 Å². The molecule has 0 aromatic carbocycles. The van der Waals surface area contributed by atoms with Gasteiger partial charge in [0.2, 0.25) is 5.91 Å². The van der Waals surface area contributed by atoms with Crippen molar-refractivity contribution in [3.63, 3.8) is 0 Å². The Balaban J connectivity index is 0.00000121. The largest absolute Gasteiger partial charge is 0.315 e. The summed E-state index contributed by atoms with van der Waals surface area (Å²) < 4.78 is 0. The van der Waals surface area contributed by atoms with Gasteiger partial charge in [0.15, 0.2) is 0 Å². The fourth-order valence-electron chi connectivity index (χ4n) is 1.60.